The lowest BCUT2D eigenvalue weighted by Gasteiger charge is -2.28. The van der Waals surface area contributed by atoms with Gasteiger partial charge >= 0.3 is 5.97 Å². The van der Waals surface area contributed by atoms with E-state index in [1.807, 2.05) is 0 Å². The van der Waals surface area contributed by atoms with Crippen molar-refractivity contribution in [3.63, 3.8) is 0 Å². The topological polar surface area (TPSA) is 43.4 Å². The standard InChI is InChI=1S/C12H18O3/c1-7(13)3-10-4-9-5-11(10)12(6-9)15-8(2)14/h9-12H,3-6H2,1-2H3/t9-,10-,11+,12-/m1/s1. The molecule has 0 heterocycles. The van der Waals surface area contributed by atoms with Gasteiger partial charge in [0.25, 0.3) is 0 Å². The van der Waals surface area contributed by atoms with Crippen molar-refractivity contribution in [1.29, 1.82) is 0 Å². The van der Waals surface area contributed by atoms with Crippen LogP contribution in [0.2, 0.25) is 0 Å². The van der Waals surface area contributed by atoms with Crippen molar-refractivity contribution in [2.24, 2.45) is 17.8 Å². The van der Waals surface area contributed by atoms with Crippen LogP contribution < -0.4 is 0 Å². The fourth-order valence-corrected chi connectivity index (χ4v) is 3.38. The van der Waals surface area contributed by atoms with Crippen LogP contribution in [0.1, 0.15) is 39.5 Å². The Kier molecular flexibility index (Phi) is 2.81. The largest absolute Gasteiger partial charge is 0.462 e. The summed E-state index contributed by atoms with van der Waals surface area (Å²) in [5.74, 6) is 1.67. The minimum absolute atomic E-state index is 0.0885. The third-order valence-corrected chi connectivity index (χ3v) is 3.76. The summed E-state index contributed by atoms with van der Waals surface area (Å²) < 4.78 is 5.31. The third-order valence-electron chi connectivity index (χ3n) is 3.76. The van der Waals surface area contributed by atoms with Crippen molar-refractivity contribution >= 4 is 11.8 Å². The SMILES string of the molecule is CC(=O)C[C@@H]1C[C@@H]2C[C@@H]1[C@H](OC(C)=O)C2. The average molecular weight is 210 g/mol. The predicted octanol–water partition coefficient (Wildman–Crippen LogP) is 1.94. The number of ketones is 1. The fourth-order valence-electron chi connectivity index (χ4n) is 3.38. The van der Waals surface area contributed by atoms with Gasteiger partial charge in [-0.25, -0.2) is 0 Å². The Morgan fingerprint density at radius 1 is 1.20 bits per heavy atom. The molecule has 0 amide bonds. The van der Waals surface area contributed by atoms with Crippen LogP contribution in [-0.4, -0.2) is 17.9 Å². The van der Waals surface area contributed by atoms with Crippen molar-refractivity contribution in [3.05, 3.63) is 0 Å². The number of hydrogen-bond donors (Lipinski definition) is 0. The van der Waals surface area contributed by atoms with E-state index < -0.39 is 0 Å². The van der Waals surface area contributed by atoms with Crippen LogP contribution in [0, 0.1) is 17.8 Å². The van der Waals surface area contributed by atoms with Crippen LogP contribution in [0.15, 0.2) is 0 Å². The van der Waals surface area contributed by atoms with Crippen molar-refractivity contribution in [2.75, 3.05) is 0 Å². The second-order valence-electron chi connectivity index (χ2n) is 5.05. The van der Waals surface area contributed by atoms with Crippen LogP contribution in [0.25, 0.3) is 0 Å². The van der Waals surface area contributed by atoms with Crippen LogP contribution in [0.5, 0.6) is 0 Å². The lowest BCUT2D eigenvalue weighted by atomic mass is 9.83. The summed E-state index contributed by atoms with van der Waals surface area (Å²) >= 11 is 0. The molecule has 0 aromatic rings. The molecular formula is C12H18O3. The molecule has 0 saturated heterocycles. The molecule has 2 aliphatic carbocycles. The first-order valence-electron chi connectivity index (χ1n) is 5.73. The van der Waals surface area contributed by atoms with Crippen LogP contribution in [0.4, 0.5) is 0 Å². The van der Waals surface area contributed by atoms with Gasteiger partial charge in [-0.3, -0.25) is 4.79 Å². The smallest absolute Gasteiger partial charge is 0.302 e. The highest BCUT2D eigenvalue weighted by atomic mass is 16.5. The summed E-state index contributed by atoms with van der Waals surface area (Å²) in [6.45, 7) is 3.11. The third kappa shape index (κ3) is 2.21. The predicted molar refractivity (Wildman–Crippen MR) is 55.2 cm³/mol. The van der Waals surface area contributed by atoms with E-state index in [9.17, 15) is 9.59 Å². The molecule has 0 aromatic heterocycles. The Hall–Kier alpha value is -0.860. The molecule has 0 radical (unpaired) electrons. The van der Waals surface area contributed by atoms with Gasteiger partial charge in [0.1, 0.15) is 11.9 Å². The van der Waals surface area contributed by atoms with Gasteiger partial charge in [-0.15, -0.1) is 0 Å². The highest BCUT2D eigenvalue weighted by molar-refractivity contribution is 5.75. The molecule has 84 valence electrons. The van der Waals surface area contributed by atoms with Crippen LogP contribution >= 0.6 is 0 Å². The molecule has 0 spiro atoms. The Morgan fingerprint density at radius 3 is 2.47 bits per heavy atom. The van der Waals surface area contributed by atoms with E-state index >= 15 is 0 Å². The number of ether oxygens (including phenoxy) is 1. The molecular weight excluding hydrogens is 192 g/mol. The summed E-state index contributed by atoms with van der Waals surface area (Å²) in [5.41, 5.74) is 0. The van der Waals surface area contributed by atoms with Crippen molar-refractivity contribution in [2.45, 2.75) is 45.6 Å². The first-order chi connectivity index (χ1) is 7.06. The summed E-state index contributed by atoms with van der Waals surface area (Å²) in [7, 11) is 0. The molecule has 3 nitrogen and oxygen atoms in total. The number of carbonyl (C=O) groups is 2. The molecule has 2 saturated carbocycles. The monoisotopic (exact) mass is 210 g/mol. The van der Waals surface area contributed by atoms with Crippen LogP contribution in [0.3, 0.4) is 0 Å². The highest BCUT2D eigenvalue weighted by Gasteiger charge is 2.47. The molecule has 2 aliphatic rings. The molecule has 0 N–H and O–H groups in total. The maximum atomic E-state index is 11.1. The number of fused-ring (bicyclic) bond motifs is 2. The Labute approximate surface area is 90.2 Å². The quantitative estimate of drug-likeness (QED) is 0.669. The van der Waals surface area contributed by atoms with Crippen molar-refractivity contribution < 1.29 is 14.3 Å². The van der Waals surface area contributed by atoms with Gasteiger partial charge in [-0.1, -0.05) is 0 Å². The van der Waals surface area contributed by atoms with Gasteiger partial charge in [-0.2, -0.15) is 0 Å². The van der Waals surface area contributed by atoms with Gasteiger partial charge in [0.05, 0.1) is 0 Å². The molecule has 3 heteroatoms. The highest BCUT2D eigenvalue weighted by Crippen LogP contribution is 2.50. The Bertz CT molecular complexity index is 259. The van der Waals surface area contributed by atoms with Crippen LogP contribution in [-0.2, 0) is 14.3 Å². The Balaban J connectivity index is 1.96. The first-order valence-corrected chi connectivity index (χ1v) is 5.73. The van der Waals surface area contributed by atoms with Gasteiger partial charge < -0.3 is 9.53 Å². The summed E-state index contributed by atoms with van der Waals surface area (Å²) in [5, 5.41) is 0. The molecule has 0 unspecified atom stereocenters. The molecule has 0 aliphatic heterocycles. The minimum Gasteiger partial charge on any atom is -0.462 e. The van der Waals surface area contributed by atoms with E-state index in [1.165, 1.54) is 6.92 Å². The van der Waals surface area contributed by atoms with E-state index in [0.29, 0.717) is 24.2 Å². The lowest BCUT2D eigenvalue weighted by Crippen LogP contribution is -2.29. The maximum absolute atomic E-state index is 11.1. The van der Waals surface area contributed by atoms with Gasteiger partial charge in [0, 0.05) is 13.3 Å². The second kappa shape index (κ2) is 3.95. The van der Waals surface area contributed by atoms with E-state index in [1.54, 1.807) is 6.92 Å². The van der Waals surface area contributed by atoms with E-state index in [2.05, 4.69) is 0 Å². The van der Waals surface area contributed by atoms with Gasteiger partial charge in [0.2, 0.25) is 0 Å². The minimum atomic E-state index is -0.186. The van der Waals surface area contributed by atoms with E-state index in [4.69, 9.17) is 4.74 Å². The van der Waals surface area contributed by atoms with E-state index in [0.717, 1.165) is 19.3 Å². The first kappa shape index (κ1) is 10.7. The van der Waals surface area contributed by atoms with Crippen molar-refractivity contribution in [1.82, 2.24) is 0 Å². The zero-order valence-corrected chi connectivity index (χ0v) is 9.36. The number of Topliss-reactive ketones (excluding diaryl/α,β-unsaturated/α-hetero) is 1. The van der Waals surface area contributed by atoms with Gasteiger partial charge in [0.15, 0.2) is 0 Å². The van der Waals surface area contributed by atoms with E-state index in [-0.39, 0.29) is 17.9 Å². The molecule has 2 bridgehead atoms. The average Bonchev–Trinajstić information content (AvgIpc) is 2.59. The number of carbonyl (C=O) groups excluding carboxylic acids is 2. The number of hydrogen-bond acceptors (Lipinski definition) is 3. The number of esters is 1. The normalized spacial score (nSPS) is 38.0. The molecule has 2 rings (SSSR count). The zero-order valence-electron chi connectivity index (χ0n) is 9.36. The second-order valence-corrected chi connectivity index (χ2v) is 5.05. The maximum Gasteiger partial charge on any atom is 0.302 e. The summed E-state index contributed by atoms with van der Waals surface area (Å²) in [6.07, 6.45) is 4.07. The molecule has 2 fully saturated rings. The Morgan fingerprint density at radius 2 is 1.93 bits per heavy atom. The molecule has 0 aromatic carbocycles. The zero-order chi connectivity index (χ0) is 11.0. The summed E-state index contributed by atoms with van der Waals surface area (Å²) in [4.78, 5) is 22.0. The lowest BCUT2D eigenvalue weighted by molar-refractivity contribution is -0.149. The van der Waals surface area contributed by atoms with Gasteiger partial charge in [-0.05, 0) is 43.9 Å². The van der Waals surface area contributed by atoms with Crippen molar-refractivity contribution in [3.8, 4) is 0 Å². The fraction of sp³-hybridized carbons (Fsp3) is 0.833. The number of rotatable bonds is 3. The summed E-state index contributed by atoms with van der Waals surface area (Å²) in [6, 6.07) is 0. The molecule has 15 heavy (non-hydrogen) atoms. The molecule has 4 atom stereocenters.